The molecule has 0 spiro atoms. The van der Waals surface area contributed by atoms with Crippen molar-refractivity contribution < 1.29 is 28.6 Å². The number of nitrogens with two attached hydrogens (primary N) is 3. The van der Waals surface area contributed by atoms with Gasteiger partial charge in [0, 0.05) is 23.9 Å². The molecule has 0 fully saturated rings. The molecular weight excluding hydrogens is 365 g/mol. The monoisotopic (exact) mass is 387 g/mol. The Kier molecular flexibility index (Phi) is 30.2. The van der Waals surface area contributed by atoms with Crippen LogP contribution in [0.5, 0.6) is 0 Å². The van der Waals surface area contributed by atoms with Gasteiger partial charge in [0.25, 0.3) is 0 Å². The molecular formula is C9H21N3O6Sn. The molecule has 0 heterocycles. The maximum absolute atomic E-state index is 9.60. The summed E-state index contributed by atoms with van der Waals surface area (Å²) in [5.41, 5.74) is 13.6. The van der Waals surface area contributed by atoms with Gasteiger partial charge in [-0.1, -0.05) is 0 Å². The van der Waals surface area contributed by atoms with Gasteiger partial charge in [-0.3, -0.25) is 0 Å². The van der Waals surface area contributed by atoms with Gasteiger partial charge in [0.2, 0.25) is 0 Å². The van der Waals surface area contributed by atoms with E-state index in [1.54, 1.807) is 20.8 Å². The molecule has 0 bridgehead atoms. The molecule has 0 rings (SSSR count). The number of hydrogen-bond donors (Lipinski definition) is 3. The summed E-state index contributed by atoms with van der Waals surface area (Å²) in [6.45, 7) is 6.17. The zero-order valence-corrected chi connectivity index (χ0v) is 14.2. The van der Waals surface area contributed by atoms with E-state index in [1.165, 1.54) is 0 Å². The molecule has 19 heavy (non-hydrogen) atoms. The molecule has 10 heteroatoms. The molecule has 0 aromatic carbocycles. The van der Waals surface area contributed by atoms with Crippen LogP contribution in [0.4, 0.5) is 14.4 Å². The fourth-order valence-electron chi connectivity index (χ4n) is 0.427. The first kappa shape index (κ1) is 26.2. The molecule has 0 saturated heterocycles. The minimum Gasteiger partial charge on any atom is -0.450 e. The number of carbonyl (C=O) groups is 3. The molecule has 3 amide bonds. The van der Waals surface area contributed by atoms with E-state index in [0.29, 0.717) is 19.8 Å². The van der Waals surface area contributed by atoms with Gasteiger partial charge in [0.15, 0.2) is 0 Å². The van der Waals surface area contributed by atoms with E-state index in [-0.39, 0.29) is 23.9 Å². The number of carbonyl (C=O) groups excluding carboxylic acids is 3. The van der Waals surface area contributed by atoms with Gasteiger partial charge in [-0.15, -0.1) is 0 Å². The van der Waals surface area contributed by atoms with Gasteiger partial charge < -0.3 is 31.4 Å². The standard InChI is InChI=1S/3C3H7NO2.Sn/c3*1-2-6-3(4)5;/h3*2H2,1H3,(H2,4,5);. The fraction of sp³-hybridized carbons (Fsp3) is 0.667. The van der Waals surface area contributed by atoms with Gasteiger partial charge in [-0.05, 0) is 20.8 Å². The largest absolute Gasteiger partial charge is 0.450 e. The Morgan fingerprint density at radius 1 is 0.684 bits per heavy atom. The Morgan fingerprint density at radius 3 is 0.842 bits per heavy atom. The van der Waals surface area contributed by atoms with Crippen molar-refractivity contribution in [3.05, 3.63) is 0 Å². The van der Waals surface area contributed by atoms with Crippen LogP contribution < -0.4 is 17.2 Å². The van der Waals surface area contributed by atoms with E-state index in [1.807, 2.05) is 0 Å². The van der Waals surface area contributed by atoms with Crippen molar-refractivity contribution in [2.45, 2.75) is 20.8 Å². The smallest absolute Gasteiger partial charge is 0.404 e. The minimum atomic E-state index is -0.711. The van der Waals surface area contributed by atoms with Crippen LogP contribution in [0.15, 0.2) is 0 Å². The number of amides is 3. The van der Waals surface area contributed by atoms with E-state index in [4.69, 9.17) is 0 Å². The van der Waals surface area contributed by atoms with Crippen LogP contribution in [-0.4, -0.2) is 62.0 Å². The third-order valence-electron chi connectivity index (χ3n) is 0.860. The number of rotatable bonds is 3. The zero-order chi connectivity index (χ0) is 15.0. The quantitative estimate of drug-likeness (QED) is 0.455. The molecule has 0 aromatic heterocycles. The zero-order valence-electron chi connectivity index (χ0n) is 11.3. The first-order valence-electron chi connectivity index (χ1n) is 5.08. The van der Waals surface area contributed by atoms with Crippen molar-refractivity contribution >= 4 is 42.2 Å². The van der Waals surface area contributed by atoms with Gasteiger partial charge in [0.05, 0.1) is 19.8 Å². The minimum absolute atomic E-state index is 0. The summed E-state index contributed by atoms with van der Waals surface area (Å²) in [4.78, 5) is 28.8. The average molecular weight is 386 g/mol. The topological polar surface area (TPSA) is 157 Å². The van der Waals surface area contributed by atoms with Crippen LogP contribution in [0.25, 0.3) is 0 Å². The van der Waals surface area contributed by atoms with E-state index in [2.05, 4.69) is 31.4 Å². The molecule has 0 aromatic rings. The second-order valence-electron chi connectivity index (χ2n) is 2.26. The van der Waals surface area contributed by atoms with Crippen molar-refractivity contribution in [3.8, 4) is 0 Å². The second-order valence-corrected chi connectivity index (χ2v) is 2.26. The summed E-state index contributed by atoms with van der Waals surface area (Å²) in [6.07, 6.45) is -2.13. The van der Waals surface area contributed by atoms with Crippen LogP contribution in [0, 0.1) is 0 Å². The van der Waals surface area contributed by atoms with Crippen molar-refractivity contribution in [2.75, 3.05) is 19.8 Å². The first-order valence-corrected chi connectivity index (χ1v) is 5.08. The third-order valence-corrected chi connectivity index (χ3v) is 0.860. The van der Waals surface area contributed by atoms with Crippen LogP contribution in [-0.2, 0) is 14.2 Å². The summed E-state index contributed by atoms with van der Waals surface area (Å²) < 4.78 is 12.5. The van der Waals surface area contributed by atoms with E-state index >= 15 is 0 Å². The van der Waals surface area contributed by atoms with Gasteiger partial charge >= 0.3 is 18.3 Å². The second kappa shape index (κ2) is 21.8. The normalized spacial score (nSPS) is 7.11. The summed E-state index contributed by atoms with van der Waals surface area (Å²) in [6, 6.07) is 0. The predicted molar refractivity (Wildman–Crippen MR) is 69.4 cm³/mol. The van der Waals surface area contributed by atoms with Gasteiger partial charge in [-0.25, -0.2) is 14.4 Å². The van der Waals surface area contributed by atoms with Gasteiger partial charge in [-0.2, -0.15) is 0 Å². The summed E-state index contributed by atoms with van der Waals surface area (Å²) >= 11 is 0. The number of ether oxygens (including phenoxy) is 3. The van der Waals surface area contributed by atoms with Crippen molar-refractivity contribution in [1.82, 2.24) is 0 Å². The molecule has 0 saturated carbocycles. The van der Waals surface area contributed by atoms with Crippen LogP contribution in [0.3, 0.4) is 0 Å². The SMILES string of the molecule is CCOC(N)=O.CCOC(N)=O.CCOC(N)=O.[Sn]. The molecule has 112 valence electrons. The Balaban J connectivity index is -0.0000000865. The molecule has 0 aliphatic rings. The van der Waals surface area contributed by atoms with Crippen LogP contribution in [0.2, 0.25) is 0 Å². The molecule has 0 unspecified atom stereocenters. The van der Waals surface area contributed by atoms with Gasteiger partial charge in [0.1, 0.15) is 0 Å². The Hall–Kier alpha value is -1.39. The third kappa shape index (κ3) is 61.2. The molecule has 0 aliphatic heterocycles. The first-order chi connectivity index (χ1) is 8.31. The molecule has 0 aliphatic carbocycles. The molecule has 0 atom stereocenters. The maximum Gasteiger partial charge on any atom is 0.404 e. The molecule has 4 radical (unpaired) electrons. The maximum atomic E-state index is 9.60. The van der Waals surface area contributed by atoms with Crippen molar-refractivity contribution in [2.24, 2.45) is 17.2 Å². The Morgan fingerprint density at radius 2 is 0.842 bits per heavy atom. The molecule has 6 N–H and O–H groups in total. The Labute approximate surface area is 129 Å². The summed E-state index contributed by atoms with van der Waals surface area (Å²) in [5, 5.41) is 0. The number of hydrogen-bond acceptors (Lipinski definition) is 6. The average Bonchev–Trinajstić information content (AvgIpc) is 2.18. The molecule has 9 nitrogen and oxygen atoms in total. The predicted octanol–water partition coefficient (Wildman–Crippen LogP) is -0.0760. The number of primary amides is 3. The fourth-order valence-corrected chi connectivity index (χ4v) is 0.427. The van der Waals surface area contributed by atoms with E-state index in [9.17, 15) is 14.4 Å². The van der Waals surface area contributed by atoms with E-state index < -0.39 is 18.3 Å². The van der Waals surface area contributed by atoms with Crippen LogP contribution >= 0.6 is 0 Å². The van der Waals surface area contributed by atoms with E-state index in [0.717, 1.165) is 0 Å². The summed E-state index contributed by atoms with van der Waals surface area (Å²) in [5.74, 6) is 0. The van der Waals surface area contributed by atoms with Crippen molar-refractivity contribution in [1.29, 1.82) is 0 Å². The summed E-state index contributed by atoms with van der Waals surface area (Å²) in [7, 11) is 0. The Bertz CT molecular complexity index is 202. The van der Waals surface area contributed by atoms with Crippen molar-refractivity contribution in [3.63, 3.8) is 0 Å². The van der Waals surface area contributed by atoms with Crippen LogP contribution in [0.1, 0.15) is 20.8 Å².